The second kappa shape index (κ2) is 13.3. The third kappa shape index (κ3) is 7.59. The van der Waals surface area contributed by atoms with Crippen molar-refractivity contribution in [3.63, 3.8) is 0 Å². The van der Waals surface area contributed by atoms with Gasteiger partial charge in [0.2, 0.25) is 5.78 Å². The molecule has 0 N–H and O–H groups in total. The molecule has 0 aliphatic carbocycles. The first-order valence-corrected chi connectivity index (χ1v) is 13.3. The van der Waals surface area contributed by atoms with E-state index in [0.29, 0.717) is 30.2 Å². The first kappa shape index (κ1) is 29.5. The number of benzene rings is 2. The Morgan fingerprint density at radius 2 is 1.65 bits per heavy atom. The molecule has 0 aromatic heterocycles. The van der Waals surface area contributed by atoms with Gasteiger partial charge in [0.1, 0.15) is 30.7 Å². The largest absolute Gasteiger partial charge is 0.488 e. The Balaban J connectivity index is 1.58. The smallest absolute Gasteiger partial charge is 0.303 e. The van der Waals surface area contributed by atoms with Gasteiger partial charge in [0, 0.05) is 32.2 Å². The predicted octanol–water partition coefficient (Wildman–Crippen LogP) is 3.53. The lowest BCUT2D eigenvalue weighted by Gasteiger charge is -2.39. The quantitative estimate of drug-likeness (QED) is 0.324. The van der Waals surface area contributed by atoms with Crippen molar-refractivity contribution in [1.82, 2.24) is 0 Å². The summed E-state index contributed by atoms with van der Waals surface area (Å²) in [6.45, 7) is 4.43. The maximum atomic E-state index is 13.4. The molecule has 2 saturated heterocycles. The van der Waals surface area contributed by atoms with E-state index < -0.39 is 48.1 Å². The van der Waals surface area contributed by atoms with E-state index in [4.69, 9.17) is 40.0 Å². The Morgan fingerprint density at radius 1 is 0.950 bits per heavy atom. The van der Waals surface area contributed by atoms with Crippen molar-refractivity contribution in [2.24, 2.45) is 0 Å². The average molecular weight is 575 g/mol. The van der Waals surface area contributed by atoms with Crippen LogP contribution in [0.2, 0.25) is 5.02 Å². The second-order valence-corrected chi connectivity index (χ2v) is 10.0. The molecule has 11 heteroatoms. The number of carbonyl (C=O) groups excluding carboxylic acids is 4. The minimum absolute atomic E-state index is 0.0467. The summed E-state index contributed by atoms with van der Waals surface area (Å²) in [5.74, 6) is -1.99. The topological polar surface area (TPSA) is 124 Å². The van der Waals surface area contributed by atoms with Crippen LogP contribution < -0.4 is 4.74 Å². The third-order valence-corrected chi connectivity index (χ3v) is 6.81. The van der Waals surface area contributed by atoms with E-state index in [2.05, 4.69) is 0 Å². The molecule has 2 aromatic rings. The Labute approximate surface area is 236 Å². The summed E-state index contributed by atoms with van der Waals surface area (Å²) in [6, 6.07) is 12.8. The van der Waals surface area contributed by atoms with Gasteiger partial charge in [-0.05, 0) is 41.3 Å². The monoisotopic (exact) mass is 574 g/mol. The van der Waals surface area contributed by atoms with Crippen LogP contribution in [0.4, 0.5) is 0 Å². The number of carbonyl (C=O) groups is 4. The molecule has 0 bridgehead atoms. The van der Waals surface area contributed by atoms with Crippen LogP contribution in [0.5, 0.6) is 5.75 Å². The molecule has 4 rings (SSSR count). The highest BCUT2D eigenvalue weighted by atomic mass is 35.5. The molecule has 0 radical (unpaired) electrons. The number of Topliss-reactive ketones (excluding diaryl/α,β-unsaturated/α-hetero) is 1. The lowest BCUT2D eigenvalue weighted by atomic mass is 9.90. The number of ether oxygens (including phenoxy) is 6. The first-order valence-electron chi connectivity index (χ1n) is 12.9. The van der Waals surface area contributed by atoms with Crippen molar-refractivity contribution in [2.45, 2.75) is 64.1 Å². The van der Waals surface area contributed by atoms with E-state index in [1.165, 1.54) is 6.92 Å². The SMILES string of the molecule is CC(=O)OC[C@H]1O[C@@H](c2ccc(Cl)c(Cc3ccc(O[C@H]4CCOC4)cc3)c2)[C@@H](OC(C)=O)C(=O)[C@H]1OC(C)=O. The van der Waals surface area contributed by atoms with Gasteiger partial charge >= 0.3 is 17.9 Å². The van der Waals surface area contributed by atoms with Crippen molar-refractivity contribution < 1.29 is 47.6 Å². The Bertz CT molecular complexity index is 1240. The Morgan fingerprint density at radius 3 is 2.27 bits per heavy atom. The van der Waals surface area contributed by atoms with Crippen LogP contribution in [0, 0.1) is 0 Å². The highest BCUT2D eigenvalue weighted by molar-refractivity contribution is 6.31. The summed E-state index contributed by atoms with van der Waals surface area (Å²) in [6.07, 6.45) is -3.65. The number of rotatable bonds is 9. The molecular formula is C29H31ClO10. The fourth-order valence-corrected chi connectivity index (χ4v) is 4.81. The van der Waals surface area contributed by atoms with Crippen LogP contribution in [-0.2, 0) is 49.3 Å². The number of esters is 3. The van der Waals surface area contributed by atoms with Gasteiger partial charge in [-0.15, -0.1) is 0 Å². The van der Waals surface area contributed by atoms with Crippen molar-refractivity contribution in [2.75, 3.05) is 19.8 Å². The summed E-state index contributed by atoms with van der Waals surface area (Å²) in [4.78, 5) is 48.5. The van der Waals surface area contributed by atoms with E-state index in [9.17, 15) is 19.2 Å². The van der Waals surface area contributed by atoms with Crippen LogP contribution in [0.15, 0.2) is 42.5 Å². The Kier molecular flexibility index (Phi) is 9.78. The standard InChI is InChI=1S/C29H31ClO10/c1-16(31)36-15-25-28(37-17(2)32)26(34)29(38-18(3)33)27(40-25)20-6-9-24(30)21(13-20)12-19-4-7-22(8-5-19)39-23-10-11-35-14-23/h4-9,13,23,25,27-29H,10-12,14-15H2,1-3H3/t23-,25+,27-,28-,29-/m0/s1. The van der Waals surface area contributed by atoms with Crippen molar-refractivity contribution in [3.05, 3.63) is 64.2 Å². The summed E-state index contributed by atoms with van der Waals surface area (Å²) >= 11 is 6.53. The van der Waals surface area contributed by atoms with Gasteiger partial charge in [0.15, 0.2) is 12.2 Å². The fraction of sp³-hybridized carbons (Fsp3) is 0.448. The maximum Gasteiger partial charge on any atom is 0.303 e. The van der Waals surface area contributed by atoms with E-state index >= 15 is 0 Å². The van der Waals surface area contributed by atoms with E-state index in [1.807, 2.05) is 24.3 Å². The van der Waals surface area contributed by atoms with Crippen LogP contribution in [0.1, 0.15) is 50.0 Å². The molecule has 5 atom stereocenters. The van der Waals surface area contributed by atoms with Gasteiger partial charge in [0.05, 0.1) is 13.2 Å². The van der Waals surface area contributed by atoms with E-state index in [-0.39, 0.29) is 12.7 Å². The molecule has 214 valence electrons. The van der Waals surface area contributed by atoms with Gasteiger partial charge in [-0.25, -0.2) is 0 Å². The Hall–Kier alpha value is -3.47. The molecule has 2 aliphatic heterocycles. The molecule has 2 heterocycles. The summed E-state index contributed by atoms with van der Waals surface area (Å²) in [5, 5.41) is 0.493. The second-order valence-electron chi connectivity index (χ2n) is 9.64. The van der Waals surface area contributed by atoms with Crippen LogP contribution in [0.25, 0.3) is 0 Å². The normalized spacial score (nSPS) is 24.3. The van der Waals surface area contributed by atoms with Crippen molar-refractivity contribution in [3.8, 4) is 5.75 Å². The summed E-state index contributed by atoms with van der Waals surface area (Å²) < 4.78 is 33.0. The maximum absolute atomic E-state index is 13.4. The lowest BCUT2D eigenvalue weighted by molar-refractivity contribution is -0.210. The molecular weight excluding hydrogens is 544 g/mol. The van der Waals surface area contributed by atoms with Gasteiger partial charge < -0.3 is 28.4 Å². The molecule has 40 heavy (non-hydrogen) atoms. The zero-order valence-corrected chi connectivity index (χ0v) is 23.2. The molecule has 0 unspecified atom stereocenters. The minimum Gasteiger partial charge on any atom is -0.488 e. The van der Waals surface area contributed by atoms with Crippen molar-refractivity contribution >= 4 is 35.3 Å². The average Bonchev–Trinajstić information content (AvgIpc) is 3.41. The zero-order valence-electron chi connectivity index (χ0n) is 22.4. The van der Waals surface area contributed by atoms with E-state index in [1.54, 1.807) is 18.2 Å². The molecule has 0 saturated carbocycles. The number of hydrogen-bond donors (Lipinski definition) is 0. The number of ketones is 1. The van der Waals surface area contributed by atoms with Gasteiger partial charge in [0.25, 0.3) is 0 Å². The summed E-state index contributed by atoms with van der Waals surface area (Å²) in [7, 11) is 0. The highest BCUT2D eigenvalue weighted by Gasteiger charge is 2.49. The molecule has 0 amide bonds. The molecule has 2 aromatic carbocycles. The molecule has 2 aliphatic rings. The van der Waals surface area contributed by atoms with Crippen LogP contribution in [0.3, 0.4) is 0 Å². The van der Waals surface area contributed by atoms with Crippen LogP contribution >= 0.6 is 11.6 Å². The highest BCUT2D eigenvalue weighted by Crippen LogP contribution is 2.36. The third-order valence-electron chi connectivity index (χ3n) is 6.44. The van der Waals surface area contributed by atoms with Crippen LogP contribution in [-0.4, -0.2) is 67.9 Å². The molecule has 2 fully saturated rings. The van der Waals surface area contributed by atoms with E-state index in [0.717, 1.165) is 37.1 Å². The number of halogens is 1. The lowest BCUT2D eigenvalue weighted by Crippen LogP contribution is -2.55. The first-order chi connectivity index (χ1) is 19.1. The van der Waals surface area contributed by atoms with Gasteiger partial charge in [-0.3, -0.25) is 19.2 Å². The van der Waals surface area contributed by atoms with Gasteiger partial charge in [-0.2, -0.15) is 0 Å². The van der Waals surface area contributed by atoms with Gasteiger partial charge in [-0.1, -0.05) is 35.9 Å². The zero-order chi connectivity index (χ0) is 28.8. The molecule has 10 nitrogen and oxygen atoms in total. The number of hydrogen-bond acceptors (Lipinski definition) is 10. The predicted molar refractivity (Wildman–Crippen MR) is 141 cm³/mol. The minimum atomic E-state index is -1.43. The van der Waals surface area contributed by atoms with Crippen molar-refractivity contribution in [1.29, 1.82) is 0 Å². The fourth-order valence-electron chi connectivity index (χ4n) is 4.63. The summed E-state index contributed by atoms with van der Waals surface area (Å²) in [5.41, 5.74) is 2.22. The molecule has 0 spiro atoms.